The number of carbonyl (C=O) groups is 2. The standard InChI is InChI=1S/C23H17F2N7O2/c1-23-7-6-15(33)27-18-16(23)19(30-22(23)34)29-20(28-18)17-13-8-12(24)9-26-21(13)32(31-17)10-11-4-2-3-5-14(11)25/h2-5,8-9H,6-7,10H2,1H3,(H2,27,28,29,30,33,34)/t23-/m1/s1. The number of anilines is 2. The van der Waals surface area contributed by atoms with Gasteiger partial charge in [0.25, 0.3) is 0 Å². The van der Waals surface area contributed by atoms with Crippen molar-refractivity contribution in [2.45, 2.75) is 31.7 Å². The van der Waals surface area contributed by atoms with Crippen LogP contribution in [0.15, 0.2) is 36.5 Å². The van der Waals surface area contributed by atoms with E-state index in [-0.39, 0.29) is 47.9 Å². The van der Waals surface area contributed by atoms with E-state index in [0.717, 1.165) is 6.20 Å². The second kappa shape index (κ2) is 7.11. The molecule has 2 amide bonds. The van der Waals surface area contributed by atoms with Gasteiger partial charge >= 0.3 is 0 Å². The molecular weight excluding hydrogens is 444 g/mol. The number of pyridine rings is 1. The fourth-order valence-electron chi connectivity index (χ4n) is 4.52. The zero-order valence-corrected chi connectivity index (χ0v) is 17.9. The minimum Gasteiger partial charge on any atom is -0.310 e. The van der Waals surface area contributed by atoms with Crippen molar-refractivity contribution in [1.29, 1.82) is 0 Å². The lowest BCUT2D eigenvalue weighted by molar-refractivity contribution is -0.121. The number of carbonyl (C=O) groups excluding carboxylic acids is 2. The van der Waals surface area contributed by atoms with Crippen molar-refractivity contribution in [1.82, 2.24) is 24.7 Å². The molecule has 0 aliphatic carbocycles. The summed E-state index contributed by atoms with van der Waals surface area (Å²) in [5, 5.41) is 10.4. The zero-order valence-electron chi connectivity index (χ0n) is 17.9. The Hall–Kier alpha value is -4.28. The van der Waals surface area contributed by atoms with Gasteiger partial charge < -0.3 is 10.6 Å². The summed E-state index contributed by atoms with van der Waals surface area (Å²) in [6, 6.07) is 7.50. The molecule has 0 unspecified atom stereocenters. The molecule has 5 heterocycles. The van der Waals surface area contributed by atoms with Crippen LogP contribution in [-0.4, -0.2) is 36.5 Å². The van der Waals surface area contributed by atoms with Gasteiger partial charge in [0.15, 0.2) is 11.5 Å². The molecule has 34 heavy (non-hydrogen) atoms. The van der Waals surface area contributed by atoms with Crippen LogP contribution in [0.25, 0.3) is 22.6 Å². The number of hydrogen-bond donors (Lipinski definition) is 2. The van der Waals surface area contributed by atoms with Crippen LogP contribution in [0.2, 0.25) is 0 Å². The average Bonchev–Trinajstić information content (AvgIpc) is 3.23. The van der Waals surface area contributed by atoms with Gasteiger partial charge in [-0.25, -0.2) is 28.4 Å². The first-order valence-corrected chi connectivity index (χ1v) is 10.6. The fraction of sp³-hybridized carbons (Fsp3) is 0.217. The Kier molecular flexibility index (Phi) is 4.25. The number of amides is 2. The summed E-state index contributed by atoms with van der Waals surface area (Å²) < 4.78 is 29.9. The van der Waals surface area contributed by atoms with Gasteiger partial charge in [-0.05, 0) is 25.5 Å². The summed E-state index contributed by atoms with van der Waals surface area (Å²) in [6.45, 7) is 1.80. The molecule has 4 aromatic rings. The molecule has 11 heteroatoms. The van der Waals surface area contributed by atoms with Crippen molar-refractivity contribution in [2.75, 3.05) is 10.6 Å². The lowest BCUT2D eigenvalue weighted by Crippen LogP contribution is -2.30. The van der Waals surface area contributed by atoms with Crippen molar-refractivity contribution in [3.63, 3.8) is 0 Å². The molecule has 9 nitrogen and oxygen atoms in total. The molecule has 3 aromatic heterocycles. The summed E-state index contributed by atoms with van der Waals surface area (Å²) in [5.74, 6) is -0.973. The maximum atomic E-state index is 14.3. The molecule has 0 spiro atoms. The number of halogens is 2. The maximum Gasteiger partial charge on any atom is 0.236 e. The van der Waals surface area contributed by atoms with Crippen LogP contribution in [0.4, 0.5) is 20.4 Å². The number of nitrogens with zero attached hydrogens (tertiary/aromatic N) is 5. The van der Waals surface area contributed by atoms with E-state index in [4.69, 9.17) is 0 Å². The molecule has 0 fully saturated rings. The van der Waals surface area contributed by atoms with Crippen LogP contribution in [0.3, 0.4) is 0 Å². The van der Waals surface area contributed by atoms with Crippen molar-refractivity contribution in [3.8, 4) is 11.5 Å². The van der Waals surface area contributed by atoms with E-state index in [2.05, 4.69) is 30.7 Å². The predicted octanol–water partition coefficient (Wildman–Crippen LogP) is 3.16. The van der Waals surface area contributed by atoms with Crippen LogP contribution in [0.5, 0.6) is 0 Å². The van der Waals surface area contributed by atoms with Gasteiger partial charge in [0.2, 0.25) is 11.8 Å². The van der Waals surface area contributed by atoms with Gasteiger partial charge in [0.1, 0.15) is 29.0 Å². The molecule has 0 radical (unpaired) electrons. The zero-order chi connectivity index (χ0) is 23.6. The molecule has 0 saturated heterocycles. The fourth-order valence-corrected chi connectivity index (χ4v) is 4.52. The van der Waals surface area contributed by atoms with Crippen LogP contribution in [-0.2, 0) is 21.5 Å². The second-order valence-electron chi connectivity index (χ2n) is 8.58. The van der Waals surface area contributed by atoms with Gasteiger partial charge in [0.05, 0.1) is 29.1 Å². The van der Waals surface area contributed by atoms with E-state index in [9.17, 15) is 18.4 Å². The lowest BCUT2D eigenvalue weighted by atomic mass is 9.81. The summed E-state index contributed by atoms with van der Waals surface area (Å²) in [4.78, 5) is 38.2. The highest BCUT2D eigenvalue weighted by Gasteiger charge is 2.48. The minimum absolute atomic E-state index is 0.0468. The molecule has 170 valence electrons. The molecule has 2 N–H and O–H groups in total. The highest BCUT2D eigenvalue weighted by molar-refractivity contribution is 6.09. The summed E-state index contributed by atoms with van der Waals surface area (Å²) >= 11 is 0. The molecule has 0 saturated carbocycles. The Labute approximate surface area is 191 Å². The summed E-state index contributed by atoms with van der Waals surface area (Å²) in [5.41, 5.74) is 0.460. The van der Waals surface area contributed by atoms with Crippen molar-refractivity contribution >= 4 is 34.5 Å². The first kappa shape index (κ1) is 20.3. The first-order chi connectivity index (χ1) is 16.3. The topological polar surface area (TPSA) is 115 Å². The largest absolute Gasteiger partial charge is 0.310 e. The van der Waals surface area contributed by atoms with E-state index in [1.807, 2.05) is 0 Å². The van der Waals surface area contributed by atoms with Crippen molar-refractivity contribution < 1.29 is 18.4 Å². The van der Waals surface area contributed by atoms with Crippen LogP contribution < -0.4 is 10.6 Å². The number of nitrogens with one attached hydrogen (secondary N) is 2. The van der Waals surface area contributed by atoms with Gasteiger partial charge in [-0.3, -0.25) is 9.59 Å². The maximum absolute atomic E-state index is 14.3. The van der Waals surface area contributed by atoms with Crippen LogP contribution >= 0.6 is 0 Å². The number of rotatable bonds is 3. The summed E-state index contributed by atoms with van der Waals surface area (Å²) in [7, 11) is 0. The third-order valence-corrected chi connectivity index (χ3v) is 6.35. The Balaban J connectivity index is 1.55. The number of benzene rings is 1. The molecule has 1 atom stereocenters. The van der Waals surface area contributed by atoms with Gasteiger partial charge in [-0.15, -0.1) is 0 Å². The highest BCUT2D eigenvalue weighted by atomic mass is 19.1. The smallest absolute Gasteiger partial charge is 0.236 e. The molecule has 2 aliphatic rings. The molecule has 6 rings (SSSR count). The van der Waals surface area contributed by atoms with Gasteiger partial charge in [-0.1, -0.05) is 18.2 Å². The number of hydrogen-bond acceptors (Lipinski definition) is 6. The average molecular weight is 461 g/mol. The first-order valence-electron chi connectivity index (χ1n) is 10.6. The van der Waals surface area contributed by atoms with Gasteiger partial charge in [-0.2, -0.15) is 5.10 Å². The van der Waals surface area contributed by atoms with E-state index >= 15 is 0 Å². The molecule has 0 bridgehead atoms. The molecule has 1 aromatic carbocycles. The number of aromatic nitrogens is 5. The normalized spacial score (nSPS) is 19.0. The predicted molar refractivity (Wildman–Crippen MR) is 118 cm³/mol. The van der Waals surface area contributed by atoms with Gasteiger partial charge in [0, 0.05) is 12.0 Å². The quantitative estimate of drug-likeness (QED) is 0.484. The Bertz CT molecular complexity index is 1530. The van der Waals surface area contributed by atoms with E-state index in [1.54, 1.807) is 25.1 Å². The monoisotopic (exact) mass is 461 g/mol. The summed E-state index contributed by atoms with van der Waals surface area (Å²) in [6.07, 6.45) is 1.53. The Morgan fingerprint density at radius 3 is 2.68 bits per heavy atom. The van der Waals surface area contributed by atoms with E-state index in [1.165, 1.54) is 16.8 Å². The second-order valence-corrected chi connectivity index (χ2v) is 8.58. The van der Waals surface area contributed by atoms with Crippen LogP contribution in [0.1, 0.15) is 30.9 Å². The van der Waals surface area contributed by atoms with E-state index < -0.39 is 17.0 Å². The Morgan fingerprint density at radius 2 is 1.88 bits per heavy atom. The minimum atomic E-state index is -0.942. The molecular formula is C23H17F2N7O2. The third-order valence-electron chi connectivity index (χ3n) is 6.35. The van der Waals surface area contributed by atoms with E-state index in [0.29, 0.717) is 28.6 Å². The third kappa shape index (κ3) is 2.96. The molecule has 2 aliphatic heterocycles. The highest BCUT2D eigenvalue weighted by Crippen LogP contribution is 2.46. The Morgan fingerprint density at radius 1 is 1.12 bits per heavy atom. The van der Waals surface area contributed by atoms with Crippen molar-refractivity contribution in [3.05, 3.63) is 59.3 Å². The van der Waals surface area contributed by atoms with Crippen molar-refractivity contribution in [2.24, 2.45) is 0 Å². The number of fused-ring (bicyclic) bond motifs is 1. The lowest BCUT2D eigenvalue weighted by Gasteiger charge is -2.19. The van der Waals surface area contributed by atoms with Crippen LogP contribution in [0, 0.1) is 11.6 Å². The SMILES string of the molecule is C[C@@]12CCC(=O)Nc3nc(-c4nn(Cc5ccccc5F)c5ncc(F)cc45)nc(c31)NC2=O.